The maximum Gasteiger partial charge on any atom is 0.340 e. The van der Waals surface area contributed by atoms with Crippen LogP contribution in [0.4, 0.5) is 0 Å². The van der Waals surface area contributed by atoms with Gasteiger partial charge >= 0.3 is 5.97 Å². The average molecular weight is 257 g/mol. The number of azide groups is 1. The molecule has 2 aromatic heterocycles. The summed E-state index contributed by atoms with van der Waals surface area (Å²) in [5.41, 5.74) is 9.88. The van der Waals surface area contributed by atoms with E-state index in [0.717, 1.165) is 5.65 Å². The standard InChI is InChI=1S/C12H11N5O2/c1-2-19-12(18)10(15-16-13)7-9-3-4-11-14-5-6-17(11)8-9/h3-8H,2H2,1H3/b10-7-. The van der Waals surface area contributed by atoms with E-state index >= 15 is 0 Å². The molecule has 0 radical (unpaired) electrons. The van der Waals surface area contributed by atoms with Crippen LogP contribution in [0.2, 0.25) is 0 Å². The van der Waals surface area contributed by atoms with Gasteiger partial charge in [0.1, 0.15) is 11.3 Å². The number of fused-ring (bicyclic) bond motifs is 1. The van der Waals surface area contributed by atoms with Crippen molar-refractivity contribution in [1.29, 1.82) is 0 Å². The molecule has 0 unspecified atom stereocenters. The predicted molar refractivity (Wildman–Crippen MR) is 68.9 cm³/mol. The van der Waals surface area contributed by atoms with E-state index in [-0.39, 0.29) is 12.3 Å². The molecule has 2 rings (SSSR count). The lowest BCUT2D eigenvalue weighted by Crippen LogP contribution is -2.05. The van der Waals surface area contributed by atoms with Crippen LogP contribution in [0.15, 0.2) is 41.5 Å². The van der Waals surface area contributed by atoms with Crippen molar-refractivity contribution >= 4 is 17.7 Å². The zero-order valence-electron chi connectivity index (χ0n) is 10.2. The normalized spacial score (nSPS) is 11.1. The number of ether oxygens (including phenoxy) is 1. The SMILES string of the molecule is CCOC(=O)/C(=C/c1ccc2nccn2c1)N=[N+]=[N-]. The summed E-state index contributed by atoms with van der Waals surface area (Å²) in [5, 5.41) is 3.35. The monoisotopic (exact) mass is 257 g/mol. The van der Waals surface area contributed by atoms with Crippen LogP contribution in [-0.4, -0.2) is 22.0 Å². The molecule has 0 spiro atoms. The van der Waals surface area contributed by atoms with Crippen molar-refractivity contribution in [2.45, 2.75) is 6.92 Å². The maximum atomic E-state index is 11.6. The summed E-state index contributed by atoms with van der Waals surface area (Å²) in [7, 11) is 0. The molecule has 0 saturated heterocycles. The minimum atomic E-state index is -0.647. The minimum Gasteiger partial charge on any atom is -0.462 e. The highest BCUT2D eigenvalue weighted by molar-refractivity contribution is 5.93. The molecule has 0 atom stereocenters. The Kier molecular flexibility index (Phi) is 3.80. The molecular formula is C12H11N5O2. The number of imidazole rings is 1. The van der Waals surface area contributed by atoms with Crippen LogP contribution < -0.4 is 0 Å². The van der Waals surface area contributed by atoms with Crippen LogP contribution in [0.25, 0.3) is 22.2 Å². The van der Waals surface area contributed by atoms with Gasteiger partial charge in [-0.3, -0.25) is 0 Å². The number of esters is 1. The van der Waals surface area contributed by atoms with Crippen molar-refractivity contribution in [2.75, 3.05) is 6.61 Å². The molecule has 0 aliphatic heterocycles. The molecule has 7 heteroatoms. The lowest BCUT2D eigenvalue weighted by molar-refractivity contribution is -0.138. The van der Waals surface area contributed by atoms with Gasteiger partial charge in [-0.05, 0) is 36.2 Å². The molecule has 96 valence electrons. The molecule has 2 aromatic rings. The molecule has 19 heavy (non-hydrogen) atoms. The summed E-state index contributed by atoms with van der Waals surface area (Å²) in [4.78, 5) is 18.3. The van der Waals surface area contributed by atoms with Crippen LogP contribution in [0.5, 0.6) is 0 Å². The van der Waals surface area contributed by atoms with Crippen LogP contribution in [0.1, 0.15) is 12.5 Å². The minimum absolute atomic E-state index is 0.0798. The molecule has 0 bridgehead atoms. The fourth-order valence-electron chi connectivity index (χ4n) is 1.56. The van der Waals surface area contributed by atoms with Gasteiger partial charge in [-0.2, -0.15) is 0 Å². The third kappa shape index (κ3) is 2.91. The van der Waals surface area contributed by atoms with E-state index in [2.05, 4.69) is 15.0 Å². The van der Waals surface area contributed by atoms with E-state index < -0.39 is 5.97 Å². The Morgan fingerprint density at radius 1 is 1.63 bits per heavy atom. The fourth-order valence-corrected chi connectivity index (χ4v) is 1.56. The number of nitrogens with zero attached hydrogens (tertiary/aromatic N) is 5. The van der Waals surface area contributed by atoms with Crippen molar-refractivity contribution in [3.8, 4) is 0 Å². The van der Waals surface area contributed by atoms with Crippen LogP contribution >= 0.6 is 0 Å². The molecule has 0 saturated carbocycles. The number of carbonyl (C=O) groups excluding carboxylic acids is 1. The largest absolute Gasteiger partial charge is 0.462 e. The van der Waals surface area contributed by atoms with Crippen LogP contribution in [0.3, 0.4) is 0 Å². The second-order valence-electron chi connectivity index (χ2n) is 3.59. The smallest absolute Gasteiger partial charge is 0.340 e. The van der Waals surface area contributed by atoms with Gasteiger partial charge in [-0.25, -0.2) is 9.78 Å². The summed E-state index contributed by atoms with van der Waals surface area (Å²) in [5.74, 6) is -0.647. The second kappa shape index (κ2) is 5.70. The van der Waals surface area contributed by atoms with Gasteiger partial charge in [0.25, 0.3) is 0 Å². The first-order valence-corrected chi connectivity index (χ1v) is 5.61. The van der Waals surface area contributed by atoms with E-state index in [4.69, 9.17) is 10.3 Å². The van der Waals surface area contributed by atoms with Gasteiger partial charge in [-0.15, -0.1) is 0 Å². The van der Waals surface area contributed by atoms with Gasteiger partial charge in [0, 0.05) is 23.5 Å². The van der Waals surface area contributed by atoms with Gasteiger partial charge < -0.3 is 9.14 Å². The first kappa shape index (κ1) is 12.7. The summed E-state index contributed by atoms with van der Waals surface area (Å²) in [6, 6.07) is 3.57. The Hall–Kier alpha value is -2.79. The molecule has 0 amide bonds. The molecular weight excluding hydrogens is 246 g/mol. The van der Waals surface area contributed by atoms with Crippen molar-refractivity contribution in [3.63, 3.8) is 0 Å². The van der Waals surface area contributed by atoms with Crippen molar-refractivity contribution in [1.82, 2.24) is 9.38 Å². The van der Waals surface area contributed by atoms with Crippen LogP contribution in [0, 0.1) is 0 Å². The van der Waals surface area contributed by atoms with Crippen molar-refractivity contribution < 1.29 is 9.53 Å². The molecule has 0 aliphatic rings. The van der Waals surface area contributed by atoms with Crippen LogP contribution in [-0.2, 0) is 9.53 Å². The van der Waals surface area contributed by atoms with Crippen molar-refractivity contribution in [3.05, 3.63) is 52.4 Å². The Bertz CT molecular complexity index is 682. The number of hydrogen-bond acceptors (Lipinski definition) is 4. The first-order valence-electron chi connectivity index (χ1n) is 5.61. The molecule has 0 fully saturated rings. The summed E-state index contributed by atoms with van der Waals surface area (Å²) < 4.78 is 6.61. The summed E-state index contributed by atoms with van der Waals surface area (Å²) in [6.07, 6.45) is 6.69. The van der Waals surface area contributed by atoms with Gasteiger partial charge in [-0.1, -0.05) is 5.11 Å². The highest BCUT2D eigenvalue weighted by Gasteiger charge is 2.08. The Balaban J connectivity index is 2.39. The zero-order chi connectivity index (χ0) is 13.7. The van der Waals surface area contributed by atoms with E-state index in [9.17, 15) is 4.79 Å². The zero-order valence-corrected chi connectivity index (χ0v) is 10.2. The third-order valence-corrected chi connectivity index (χ3v) is 2.35. The third-order valence-electron chi connectivity index (χ3n) is 2.35. The first-order chi connectivity index (χ1) is 9.24. The van der Waals surface area contributed by atoms with E-state index in [1.54, 1.807) is 42.0 Å². The summed E-state index contributed by atoms with van der Waals surface area (Å²) >= 11 is 0. The molecule has 7 nitrogen and oxygen atoms in total. The number of carbonyl (C=O) groups is 1. The highest BCUT2D eigenvalue weighted by atomic mass is 16.5. The molecule has 0 N–H and O–H groups in total. The maximum absolute atomic E-state index is 11.6. The lowest BCUT2D eigenvalue weighted by atomic mass is 10.2. The number of pyridine rings is 1. The van der Waals surface area contributed by atoms with E-state index in [1.165, 1.54) is 6.08 Å². The molecule has 0 aromatic carbocycles. The second-order valence-corrected chi connectivity index (χ2v) is 3.59. The van der Waals surface area contributed by atoms with Crippen molar-refractivity contribution in [2.24, 2.45) is 5.11 Å². The number of rotatable bonds is 4. The Morgan fingerprint density at radius 3 is 3.21 bits per heavy atom. The molecule has 0 aliphatic carbocycles. The van der Waals surface area contributed by atoms with E-state index in [1.807, 2.05) is 0 Å². The quantitative estimate of drug-likeness (QED) is 0.277. The number of hydrogen-bond donors (Lipinski definition) is 0. The van der Waals surface area contributed by atoms with Gasteiger partial charge in [0.2, 0.25) is 0 Å². The lowest BCUT2D eigenvalue weighted by Gasteiger charge is -2.02. The Labute approximate surface area is 108 Å². The number of aromatic nitrogens is 2. The van der Waals surface area contributed by atoms with Gasteiger partial charge in [0.15, 0.2) is 0 Å². The van der Waals surface area contributed by atoms with Gasteiger partial charge in [0.05, 0.1) is 6.61 Å². The Morgan fingerprint density at radius 2 is 2.47 bits per heavy atom. The predicted octanol–water partition coefficient (Wildman–Crippen LogP) is 2.55. The van der Waals surface area contributed by atoms with E-state index in [0.29, 0.717) is 5.56 Å². The topological polar surface area (TPSA) is 92.4 Å². The highest BCUT2D eigenvalue weighted by Crippen LogP contribution is 2.11. The average Bonchev–Trinajstić information content (AvgIpc) is 2.86. The fraction of sp³-hybridized carbons (Fsp3) is 0.167. The molecule has 2 heterocycles. The summed E-state index contributed by atoms with van der Waals surface area (Å²) in [6.45, 7) is 1.90.